The fourth-order valence-electron chi connectivity index (χ4n) is 1.88. The smallest absolute Gasteiger partial charge is 0.383 e. The van der Waals surface area contributed by atoms with Gasteiger partial charge in [-0.05, 0) is 35.1 Å². The molecule has 1 atom stereocenters. The summed E-state index contributed by atoms with van der Waals surface area (Å²) >= 11 is 0.912. The Hall–Kier alpha value is -1.54. The van der Waals surface area contributed by atoms with E-state index in [1.54, 1.807) is 0 Å². The molecular weight excluding hydrogens is 308 g/mol. The van der Waals surface area contributed by atoms with Crippen molar-refractivity contribution in [1.82, 2.24) is 9.59 Å². The predicted octanol–water partition coefficient (Wildman–Crippen LogP) is 3.90. The summed E-state index contributed by atoms with van der Waals surface area (Å²) in [6, 6.07) is 2.44. The molecule has 0 saturated heterocycles. The van der Waals surface area contributed by atoms with Crippen molar-refractivity contribution in [3.05, 3.63) is 45.7 Å². The summed E-state index contributed by atoms with van der Waals surface area (Å²) in [7, 11) is 0. The van der Waals surface area contributed by atoms with Crippen molar-refractivity contribution in [2.24, 2.45) is 0 Å². The second-order valence-electron chi connectivity index (χ2n) is 4.82. The van der Waals surface area contributed by atoms with Gasteiger partial charge in [-0.25, -0.2) is 4.39 Å². The molecule has 1 aromatic heterocycles. The highest BCUT2D eigenvalue weighted by molar-refractivity contribution is 7.05. The lowest BCUT2D eigenvalue weighted by Gasteiger charge is -2.14. The molecule has 0 saturated carbocycles. The van der Waals surface area contributed by atoms with E-state index in [4.69, 9.17) is 0 Å². The molecule has 0 spiro atoms. The summed E-state index contributed by atoms with van der Waals surface area (Å²) in [6.07, 6.45) is -6.13. The third-order valence-electron chi connectivity index (χ3n) is 2.95. The number of rotatable bonds is 3. The molecular formula is C13H12F4N2OS. The number of benzene rings is 1. The molecule has 1 N–H and O–H groups in total. The van der Waals surface area contributed by atoms with E-state index in [-0.39, 0.29) is 11.5 Å². The number of halogens is 4. The third-order valence-corrected chi connectivity index (χ3v) is 3.74. The number of aromatic nitrogens is 2. The average molecular weight is 320 g/mol. The molecule has 21 heavy (non-hydrogen) atoms. The molecule has 1 unspecified atom stereocenters. The minimum absolute atomic E-state index is 0.0315. The van der Waals surface area contributed by atoms with Crippen LogP contribution in [0.2, 0.25) is 0 Å². The van der Waals surface area contributed by atoms with E-state index in [9.17, 15) is 22.7 Å². The maximum atomic E-state index is 13.3. The van der Waals surface area contributed by atoms with E-state index >= 15 is 0 Å². The molecule has 8 heteroatoms. The quantitative estimate of drug-likeness (QED) is 0.873. The second-order valence-corrected chi connectivity index (χ2v) is 5.60. The van der Waals surface area contributed by atoms with Gasteiger partial charge in [-0.15, -0.1) is 5.10 Å². The first-order valence-corrected chi connectivity index (χ1v) is 6.86. The Kier molecular flexibility index (Phi) is 4.29. The highest BCUT2D eigenvalue weighted by Crippen LogP contribution is 2.36. The van der Waals surface area contributed by atoms with Gasteiger partial charge in [-0.1, -0.05) is 24.4 Å². The largest absolute Gasteiger partial charge is 0.419 e. The zero-order valence-electron chi connectivity index (χ0n) is 11.1. The zero-order valence-corrected chi connectivity index (χ0v) is 12.0. The predicted molar refractivity (Wildman–Crippen MR) is 69.5 cm³/mol. The molecule has 2 aromatic rings. The molecule has 0 amide bonds. The third kappa shape index (κ3) is 3.21. The van der Waals surface area contributed by atoms with Crippen LogP contribution < -0.4 is 0 Å². The van der Waals surface area contributed by atoms with Crippen LogP contribution in [0.5, 0.6) is 0 Å². The van der Waals surface area contributed by atoms with Crippen LogP contribution in [0.3, 0.4) is 0 Å². The number of hydrogen-bond acceptors (Lipinski definition) is 4. The highest BCUT2D eigenvalue weighted by Gasteiger charge is 2.35. The fraction of sp³-hybridized carbons (Fsp3) is 0.385. The Balaban J connectivity index is 2.45. The van der Waals surface area contributed by atoms with Crippen molar-refractivity contribution in [2.45, 2.75) is 32.0 Å². The van der Waals surface area contributed by atoms with Crippen LogP contribution in [-0.2, 0) is 6.18 Å². The molecule has 1 heterocycles. The minimum Gasteiger partial charge on any atom is -0.383 e. The van der Waals surface area contributed by atoms with Crippen LogP contribution in [0.15, 0.2) is 18.2 Å². The van der Waals surface area contributed by atoms with Crippen molar-refractivity contribution in [1.29, 1.82) is 0 Å². The van der Waals surface area contributed by atoms with Gasteiger partial charge < -0.3 is 5.11 Å². The van der Waals surface area contributed by atoms with Crippen molar-refractivity contribution in [3.8, 4) is 0 Å². The van der Waals surface area contributed by atoms with Gasteiger partial charge in [0.25, 0.3) is 0 Å². The van der Waals surface area contributed by atoms with E-state index in [1.807, 2.05) is 13.8 Å². The van der Waals surface area contributed by atoms with Gasteiger partial charge in [0.1, 0.15) is 11.9 Å². The van der Waals surface area contributed by atoms with E-state index in [2.05, 4.69) is 9.59 Å². The Morgan fingerprint density at radius 3 is 2.48 bits per heavy atom. The van der Waals surface area contributed by atoms with Crippen molar-refractivity contribution in [2.75, 3.05) is 0 Å². The molecule has 1 aromatic carbocycles. The first kappa shape index (κ1) is 15.8. The first-order chi connectivity index (χ1) is 9.71. The Morgan fingerprint density at radius 1 is 1.24 bits per heavy atom. The SMILES string of the molecule is CC(C)c1nnsc1C(O)c1ccc(F)c(C(F)(F)F)c1. The molecule has 0 aliphatic carbocycles. The van der Waals surface area contributed by atoms with Gasteiger partial charge in [0, 0.05) is 0 Å². The van der Waals surface area contributed by atoms with Crippen LogP contribution in [0.4, 0.5) is 17.6 Å². The second kappa shape index (κ2) is 5.69. The lowest BCUT2D eigenvalue weighted by Crippen LogP contribution is -2.10. The molecule has 0 fully saturated rings. The minimum atomic E-state index is -4.81. The van der Waals surface area contributed by atoms with Gasteiger partial charge in [-0.2, -0.15) is 13.2 Å². The molecule has 114 valence electrons. The molecule has 0 radical (unpaired) electrons. The topological polar surface area (TPSA) is 46.0 Å². The Bertz CT molecular complexity index is 639. The fourth-order valence-corrected chi connectivity index (χ4v) is 2.70. The number of aliphatic hydroxyl groups is 1. The highest BCUT2D eigenvalue weighted by atomic mass is 32.1. The van der Waals surface area contributed by atoms with Crippen molar-refractivity contribution < 1.29 is 22.7 Å². The number of nitrogens with zero attached hydrogens (tertiary/aromatic N) is 2. The van der Waals surface area contributed by atoms with E-state index in [0.717, 1.165) is 17.6 Å². The van der Waals surface area contributed by atoms with Crippen LogP contribution in [-0.4, -0.2) is 14.7 Å². The van der Waals surface area contributed by atoms with Crippen LogP contribution in [0, 0.1) is 5.82 Å². The standard InChI is InChI=1S/C13H12F4N2OS/c1-6(2)10-12(21-19-18-10)11(20)7-3-4-9(14)8(5-7)13(15,16)17/h3-6,11,20H,1-2H3. The van der Waals surface area contributed by atoms with Gasteiger partial charge >= 0.3 is 6.18 Å². The maximum Gasteiger partial charge on any atom is 0.419 e. The number of hydrogen-bond donors (Lipinski definition) is 1. The monoisotopic (exact) mass is 320 g/mol. The summed E-state index contributed by atoms with van der Waals surface area (Å²) in [4.78, 5) is 0.365. The molecule has 2 rings (SSSR count). The van der Waals surface area contributed by atoms with Gasteiger partial charge in [-0.3, -0.25) is 0 Å². The Labute approximate surface area is 122 Å². The summed E-state index contributed by atoms with van der Waals surface area (Å²) < 4.78 is 55.1. The first-order valence-electron chi connectivity index (χ1n) is 6.08. The summed E-state index contributed by atoms with van der Waals surface area (Å²) in [5.74, 6) is -1.40. The number of alkyl halides is 3. The van der Waals surface area contributed by atoms with Gasteiger partial charge in [0.15, 0.2) is 0 Å². The zero-order chi connectivity index (χ0) is 15.8. The number of aliphatic hydroxyl groups excluding tert-OH is 1. The van der Waals surface area contributed by atoms with Crippen molar-refractivity contribution in [3.63, 3.8) is 0 Å². The Morgan fingerprint density at radius 2 is 1.90 bits per heavy atom. The van der Waals surface area contributed by atoms with E-state index < -0.39 is 23.7 Å². The van der Waals surface area contributed by atoms with Crippen LogP contribution in [0.25, 0.3) is 0 Å². The summed E-state index contributed by atoms with van der Waals surface area (Å²) in [5.41, 5.74) is -0.926. The molecule has 0 bridgehead atoms. The lowest BCUT2D eigenvalue weighted by molar-refractivity contribution is -0.140. The average Bonchev–Trinajstić information content (AvgIpc) is 2.86. The van der Waals surface area contributed by atoms with Crippen molar-refractivity contribution >= 4 is 11.5 Å². The van der Waals surface area contributed by atoms with Crippen LogP contribution >= 0.6 is 11.5 Å². The molecule has 0 aliphatic heterocycles. The lowest BCUT2D eigenvalue weighted by atomic mass is 10.0. The molecule has 3 nitrogen and oxygen atoms in total. The van der Waals surface area contributed by atoms with E-state index in [0.29, 0.717) is 22.7 Å². The normalized spacial score (nSPS) is 13.7. The summed E-state index contributed by atoms with van der Waals surface area (Å²) in [6.45, 7) is 3.66. The summed E-state index contributed by atoms with van der Waals surface area (Å²) in [5, 5.41) is 14.1. The van der Waals surface area contributed by atoms with E-state index in [1.165, 1.54) is 0 Å². The van der Waals surface area contributed by atoms with Crippen LogP contribution in [0.1, 0.15) is 47.6 Å². The molecule has 0 aliphatic rings. The maximum absolute atomic E-state index is 13.3. The van der Waals surface area contributed by atoms with Gasteiger partial charge in [0.2, 0.25) is 0 Å². The van der Waals surface area contributed by atoms with Gasteiger partial charge in [0.05, 0.1) is 16.1 Å².